The third-order valence-corrected chi connectivity index (χ3v) is 5.94. The highest BCUT2D eigenvalue weighted by Gasteiger charge is 2.43. The molecule has 0 fully saturated rings. The van der Waals surface area contributed by atoms with E-state index in [2.05, 4.69) is 4.98 Å². The van der Waals surface area contributed by atoms with Gasteiger partial charge in [-0.25, -0.2) is 9.59 Å². The van der Waals surface area contributed by atoms with Gasteiger partial charge in [-0.1, -0.05) is 30.3 Å². The normalized spacial score (nSPS) is 19.1. The molecule has 0 saturated heterocycles. The number of rotatable bonds is 4. The number of methoxy groups -OCH3 is 1. The molecule has 0 aliphatic carbocycles. The molecule has 178 valence electrons. The Bertz CT molecular complexity index is 1320. The van der Waals surface area contributed by atoms with Crippen LogP contribution in [0.25, 0.3) is 10.9 Å². The maximum absolute atomic E-state index is 13.3. The number of nitrogens with zero attached hydrogens (tertiary/aromatic N) is 1. The van der Waals surface area contributed by atoms with Crippen LogP contribution in [0.4, 0.5) is 0 Å². The standard InChI is InChI=1S/C26H27ClN2O5/c1-26(2,3)34-24(31)16-11-9-15(10-12-16)23-22-18(17-7-5-6-8-19(17)28-22)13-20(25(32)33-4)29(23)21(30)14-27/h5-12,20,23,28H,13-14H2,1-4H3/t20-,23+/m1/s1/i14D2. The Labute approximate surface area is 205 Å². The number of aromatic nitrogens is 1. The third-order valence-electron chi connectivity index (χ3n) is 5.78. The van der Waals surface area contributed by atoms with E-state index in [1.54, 1.807) is 45.0 Å². The Morgan fingerprint density at radius 1 is 1.15 bits per heavy atom. The Kier molecular flexibility index (Phi) is 5.71. The minimum Gasteiger partial charge on any atom is -0.467 e. The number of halogens is 1. The summed E-state index contributed by atoms with van der Waals surface area (Å²) in [5, 5.41) is 0.887. The largest absolute Gasteiger partial charge is 0.467 e. The molecule has 2 atom stereocenters. The van der Waals surface area contributed by atoms with Gasteiger partial charge in [0.15, 0.2) is 0 Å². The number of nitrogens with one attached hydrogen (secondary N) is 1. The van der Waals surface area contributed by atoms with Crippen molar-refractivity contribution in [2.24, 2.45) is 0 Å². The lowest BCUT2D eigenvalue weighted by atomic mass is 9.87. The van der Waals surface area contributed by atoms with Crippen molar-refractivity contribution in [3.63, 3.8) is 0 Å². The Balaban J connectivity index is 1.89. The number of fused-ring (bicyclic) bond motifs is 3. The topological polar surface area (TPSA) is 88.7 Å². The fourth-order valence-corrected chi connectivity index (χ4v) is 4.49. The number of aromatic amines is 1. The zero-order valence-corrected chi connectivity index (χ0v) is 20.1. The summed E-state index contributed by atoms with van der Waals surface area (Å²) in [4.78, 5) is 43.2. The van der Waals surface area contributed by atoms with Gasteiger partial charge in [-0.15, -0.1) is 11.6 Å². The predicted octanol–water partition coefficient (Wildman–Crippen LogP) is 4.38. The van der Waals surface area contributed by atoms with E-state index in [1.807, 2.05) is 24.3 Å². The molecule has 4 rings (SSSR count). The van der Waals surface area contributed by atoms with E-state index in [0.717, 1.165) is 21.4 Å². The molecule has 34 heavy (non-hydrogen) atoms. The highest BCUT2D eigenvalue weighted by Crippen LogP contribution is 2.41. The fraction of sp³-hybridized carbons (Fsp3) is 0.346. The Morgan fingerprint density at radius 2 is 1.82 bits per heavy atom. The molecule has 1 aromatic heterocycles. The van der Waals surface area contributed by atoms with Gasteiger partial charge < -0.3 is 19.4 Å². The second-order valence-electron chi connectivity index (χ2n) is 9.14. The Morgan fingerprint density at radius 3 is 2.44 bits per heavy atom. The van der Waals surface area contributed by atoms with Gasteiger partial charge >= 0.3 is 11.9 Å². The molecule has 0 radical (unpaired) electrons. The molecule has 8 heteroatoms. The molecule has 1 N–H and O–H groups in total. The first kappa shape index (κ1) is 21.2. The number of para-hydroxylation sites is 1. The quantitative estimate of drug-likeness (QED) is 0.438. The lowest BCUT2D eigenvalue weighted by Gasteiger charge is -2.40. The van der Waals surface area contributed by atoms with E-state index >= 15 is 0 Å². The van der Waals surface area contributed by atoms with Crippen LogP contribution < -0.4 is 0 Å². The number of esters is 2. The van der Waals surface area contributed by atoms with Crippen molar-refractivity contribution in [3.8, 4) is 0 Å². The van der Waals surface area contributed by atoms with Crippen molar-refractivity contribution in [2.45, 2.75) is 44.9 Å². The molecular weight excluding hydrogens is 456 g/mol. The summed E-state index contributed by atoms with van der Waals surface area (Å²) >= 11 is 5.84. The summed E-state index contributed by atoms with van der Waals surface area (Å²) in [5.74, 6) is -5.01. The van der Waals surface area contributed by atoms with Crippen molar-refractivity contribution >= 4 is 40.3 Å². The van der Waals surface area contributed by atoms with E-state index in [9.17, 15) is 14.4 Å². The number of hydrogen-bond acceptors (Lipinski definition) is 5. The van der Waals surface area contributed by atoms with E-state index in [1.165, 1.54) is 7.11 Å². The summed E-state index contributed by atoms with van der Waals surface area (Å²) in [7, 11) is 1.22. The van der Waals surface area contributed by atoms with E-state index in [4.69, 9.17) is 23.8 Å². The van der Waals surface area contributed by atoms with Crippen LogP contribution >= 0.6 is 11.6 Å². The average Bonchev–Trinajstić information content (AvgIpc) is 3.18. The Hall–Kier alpha value is -3.32. The van der Waals surface area contributed by atoms with Gasteiger partial charge in [0.05, 0.1) is 21.5 Å². The predicted molar refractivity (Wildman–Crippen MR) is 129 cm³/mol. The van der Waals surface area contributed by atoms with Crippen LogP contribution in [0.5, 0.6) is 0 Å². The van der Waals surface area contributed by atoms with Crippen molar-refractivity contribution in [1.82, 2.24) is 9.88 Å². The molecule has 1 amide bonds. The maximum Gasteiger partial charge on any atom is 0.338 e. The molecule has 0 unspecified atom stereocenters. The van der Waals surface area contributed by atoms with Crippen molar-refractivity contribution in [3.05, 3.63) is 70.9 Å². The molecule has 2 aromatic carbocycles. The van der Waals surface area contributed by atoms with Gasteiger partial charge in [0.25, 0.3) is 0 Å². The van der Waals surface area contributed by atoms with Crippen LogP contribution in [-0.4, -0.2) is 52.3 Å². The lowest BCUT2D eigenvalue weighted by molar-refractivity contribution is -0.154. The van der Waals surface area contributed by atoms with Crippen molar-refractivity contribution in [1.29, 1.82) is 0 Å². The molecule has 0 saturated carbocycles. The first-order valence-corrected chi connectivity index (χ1v) is 11.2. The fourth-order valence-electron chi connectivity index (χ4n) is 4.39. The van der Waals surface area contributed by atoms with Crippen LogP contribution in [0.2, 0.25) is 0 Å². The van der Waals surface area contributed by atoms with Crippen molar-refractivity contribution < 1.29 is 26.6 Å². The monoisotopic (exact) mass is 484 g/mol. The highest BCUT2D eigenvalue weighted by atomic mass is 35.5. The second-order valence-corrected chi connectivity index (χ2v) is 9.33. The second kappa shape index (κ2) is 9.14. The molecular formula is C26H27ClN2O5. The zero-order valence-electron chi connectivity index (χ0n) is 21.3. The minimum absolute atomic E-state index is 0.122. The molecule has 0 bridgehead atoms. The van der Waals surface area contributed by atoms with Gasteiger partial charge in [-0.05, 0) is 50.1 Å². The number of benzene rings is 2. The molecule has 3 aromatic rings. The van der Waals surface area contributed by atoms with Gasteiger partial charge in [0.2, 0.25) is 5.91 Å². The first-order valence-electron chi connectivity index (χ1n) is 11.8. The zero-order chi connectivity index (χ0) is 26.4. The van der Waals surface area contributed by atoms with Crippen LogP contribution in [0.1, 0.15) is 56.7 Å². The van der Waals surface area contributed by atoms with Crippen molar-refractivity contribution in [2.75, 3.05) is 12.9 Å². The smallest absolute Gasteiger partial charge is 0.338 e. The molecule has 0 spiro atoms. The van der Waals surface area contributed by atoms with Crippen LogP contribution in [-0.2, 0) is 25.5 Å². The van der Waals surface area contributed by atoms with Gasteiger partial charge in [0, 0.05) is 23.0 Å². The SMILES string of the molecule is [2H]C([2H])(Cl)C(=O)N1[C@@H](c2ccc(C(=O)OC(C)(C)C)cc2)c2[nH]c3ccccc3c2C[C@@H]1C(=O)OC. The van der Waals surface area contributed by atoms with Gasteiger partial charge in [-0.3, -0.25) is 4.79 Å². The molecule has 7 nitrogen and oxygen atoms in total. The van der Waals surface area contributed by atoms with E-state index < -0.39 is 41.4 Å². The van der Waals surface area contributed by atoms with Gasteiger partial charge in [0.1, 0.15) is 17.5 Å². The number of amides is 1. The maximum atomic E-state index is 13.3. The number of carbonyl (C=O) groups is 3. The number of H-pyrrole nitrogens is 1. The first-order chi connectivity index (χ1) is 16.8. The minimum atomic E-state index is -2.76. The summed E-state index contributed by atoms with van der Waals surface area (Å²) in [6, 6.07) is 12.0. The molecule has 1 aliphatic heterocycles. The third kappa shape index (κ3) is 4.40. The summed E-state index contributed by atoms with van der Waals surface area (Å²) in [5.41, 5.74) is 2.47. The summed E-state index contributed by atoms with van der Waals surface area (Å²) in [6.07, 6.45) is 0.122. The van der Waals surface area contributed by atoms with E-state index in [-0.39, 0.29) is 6.42 Å². The molecule has 1 aliphatic rings. The van der Waals surface area contributed by atoms with Gasteiger partial charge in [-0.2, -0.15) is 0 Å². The highest BCUT2D eigenvalue weighted by molar-refractivity contribution is 6.27. The number of alkyl halides is 1. The summed E-state index contributed by atoms with van der Waals surface area (Å²) < 4.78 is 26.2. The number of hydrogen-bond donors (Lipinski definition) is 1. The number of carbonyl (C=O) groups excluding carboxylic acids is 3. The lowest BCUT2D eigenvalue weighted by Crippen LogP contribution is -2.52. The average molecular weight is 485 g/mol. The molecule has 2 heterocycles. The van der Waals surface area contributed by atoms with Crippen LogP contribution in [0, 0.1) is 0 Å². The van der Waals surface area contributed by atoms with E-state index in [0.29, 0.717) is 16.8 Å². The van der Waals surface area contributed by atoms with Crippen LogP contribution in [0.15, 0.2) is 48.5 Å². The number of ether oxygens (including phenoxy) is 2. The van der Waals surface area contributed by atoms with Crippen LogP contribution in [0.3, 0.4) is 0 Å². The summed E-state index contributed by atoms with van der Waals surface area (Å²) in [6.45, 7) is 5.32.